The molecule has 2 rings (SSSR count). The van der Waals surface area contributed by atoms with Gasteiger partial charge in [0.1, 0.15) is 6.04 Å². The van der Waals surface area contributed by atoms with Crippen LogP contribution in [0.3, 0.4) is 0 Å². The Morgan fingerprint density at radius 2 is 2.05 bits per heavy atom. The number of amides is 1. The third-order valence-electron chi connectivity index (χ3n) is 4.24. The van der Waals surface area contributed by atoms with Gasteiger partial charge in [-0.15, -0.1) is 0 Å². The number of hydrogen-bond acceptors (Lipinski definition) is 4. The maximum atomic E-state index is 12.9. The van der Waals surface area contributed by atoms with Gasteiger partial charge < -0.3 is 10.6 Å². The van der Waals surface area contributed by atoms with Crippen LogP contribution < -0.4 is 16.6 Å². The van der Waals surface area contributed by atoms with Crippen LogP contribution in [-0.4, -0.2) is 29.4 Å². The number of hydrazine groups is 1. The van der Waals surface area contributed by atoms with E-state index in [1.165, 1.54) is 5.01 Å². The van der Waals surface area contributed by atoms with Crippen LogP contribution in [0.2, 0.25) is 0 Å². The maximum Gasteiger partial charge on any atom is 0.247 e. The van der Waals surface area contributed by atoms with E-state index in [2.05, 4.69) is 6.92 Å². The average Bonchev–Trinajstić information content (AvgIpc) is 2.85. The SMILES string of the molecule is CC(C)C(C(=O)N1CCCC1C)N(N)c1ccccc1N. The second-order valence-electron chi connectivity index (χ2n) is 6.18. The Morgan fingerprint density at radius 3 is 2.57 bits per heavy atom. The van der Waals surface area contributed by atoms with E-state index < -0.39 is 6.04 Å². The first-order chi connectivity index (χ1) is 9.93. The fourth-order valence-corrected chi connectivity index (χ4v) is 3.03. The molecule has 1 fully saturated rings. The Kier molecular flexibility index (Phi) is 4.73. The standard InChI is InChI=1S/C16H26N4O/c1-11(2)15(16(21)19-10-6-7-12(19)3)20(18)14-9-5-4-8-13(14)17/h4-5,8-9,11-12,15H,6-7,10,17-18H2,1-3H3. The first-order valence-electron chi connectivity index (χ1n) is 7.62. The van der Waals surface area contributed by atoms with E-state index in [1.54, 1.807) is 6.07 Å². The Balaban J connectivity index is 2.26. The van der Waals surface area contributed by atoms with Crippen LogP contribution in [0.5, 0.6) is 0 Å². The van der Waals surface area contributed by atoms with Gasteiger partial charge in [0.05, 0.1) is 11.4 Å². The molecule has 0 bridgehead atoms. The summed E-state index contributed by atoms with van der Waals surface area (Å²) < 4.78 is 0. The Bertz CT molecular complexity index is 503. The highest BCUT2D eigenvalue weighted by Gasteiger charge is 2.35. The van der Waals surface area contributed by atoms with E-state index in [0.717, 1.165) is 19.4 Å². The number of nitrogens with zero attached hydrogens (tertiary/aromatic N) is 2. The smallest absolute Gasteiger partial charge is 0.247 e. The van der Waals surface area contributed by atoms with Crippen molar-refractivity contribution in [3.63, 3.8) is 0 Å². The summed E-state index contributed by atoms with van der Waals surface area (Å²) in [4.78, 5) is 14.8. The molecule has 1 amide bonds. The zero-order chi connectivity index (χ0) is 15.6. The molecule has 4 N–H and O–H groups in total. The van der Waals surface area contributed by atoms with Crippen LogP contribution in [0.1, 0.15) is 33.6 Å². The summed E-state index contributed by atoms with van der Waals surface area (Å²) in [5.41, 5.74) is 7.29. The van der Waals surface area contributed by atoms with Crippen molar-refractivity contribution in [1.82, 2.24) is 4.90 Å². The summed E-state index contributed by atoms with van der Waals surface area (Å²) in [6.45, 7) is 6.95. The lowest BCUT2D eigenvalue weighted by Crippen LogP contribution is -2.55. The molecule has 1 saturated heterocycles. The van der Waals surface area contributed by atoms with Crippen LogP contribution in [0.15, 0.2) is 24.3 Å². The Labute approximate surface area is 126 Å². The van der Waals surface area contributed by atoms with Crippen LogP contribution in [0.25, 0.3) is 0 Å². The highest BCUT2D eigenvalue weighted by atomic mass is 16.2. The number of carbonyl (C=O) groups excluding carboxylic acids is 1. The zero-order valence-corrected chi connectivity index (χ0v) is 13.1. The lowest BCUT2D eigenvalue weighted by Gasteiger charge is -2.35. The third kappa shape index (κ3) is 3.13. The summed E-state index contributed by atoms with van der Waals surface area (Å²) in [5.74, 6) is 6.47. The second kappa shape index (κ2) is 6.35. The van der Waals surface area contributed by atoms with Gasteiger partial charge in [0.15, 0.2) is 0 Å². The predicted molar refractivity (Wildman–Crippen MR) is 86.6 cm³/mol. The molecule has 0 saturated carbocycles. The van der Waals surface area contributed by atoms with E-state index in [4.69, 9.17) is 11.6 Å². The number of para-hydroxylation sites is 2. The number of hydrogen-bond donors (Lipinski definition) is 2. The van der Waals surface area contributed by atoms with Crippen LogP contribution >= 0.6 is 0 Å². The van der Waals surface area contributed by atoms with Crippen molar-refractivity contribution < 1.29 is 4.79 Å². The van der Waals surface area contributed by atoms with Gasteiger partial charge in [0.2, 0.25) is 5.91 Å². The number of carbonyl (C=O) groups is 1. The lowest BCUT2D eigenvalue weighted by molar-refractivity contribution is -0.134. The number of rotatable bonds is 4. The topological polar surface area (TPSA) is 75.6 Å². The monoisotopic (exact) mass is 290 g/mol. The summed E-state index contributed by atoms with van der Waals surface area (Å²) in [6, 6.07) is 7.30. The molecule has 0 aromatic heterocycles. The molecule has 1 heterocycles. The van der Waals surface area contributed by atoms with Crippen molar-refractivity contribution in [3.8, 4) is 0 Å². The van der Waals surface area contributed by atoms with Crippen molar-refractivity contribution in [2.45, 2.75) is 45.7 Å². The maximum absolute atomic E-state index is 12.9. The molecule has 1 aromatic carbocycles. The fraction of sp³-hybridized carbons (Fsp3) is 0.562. The molecule has 21 heavy (non-hydrogen) atoms. The minimum Gasteiger partial charge on any atom is -0.397 e. The van der Waals surface area contributed by atoms with Gasteiger partial charge in [-0.1, -0.05) is 26.0 Å². The number of anilines is 2. The van der Waals surface area contributed by atoms with Crippen molar-refractivity contribution in [2.24, 2.45) is 11.8 Å². The van der Waals surface area contributed by atoms with Gasteiger partial charge in [-0.3, -0.25) is 9.80 Å². The molecule has 0 spiro atoms. The lowest BCUT2D eigenvalue weighted by atomic mass is 10.0. The highest BCUT2D eigenvalue weighted by Crippen LogP contribution is 2.27. The van der Waals surface area contributed by atoms with Crippen molar-refractivity contribution in [1.29, 1.82) is 0 Å². The van der Waals surface area contributed by atoms with Crippen molar-refractivity contribution >= 4 is 17.3 Å². The largest absolute Gasteiger partial charge is 0.397 e. The summed E-state index contributed by atoms with van der Waals surface area (Å²) >= 11 is 0. The van der Waals surface area contributed by atoms with Gasteiger partial charge in [0.25, 0.3) is 0 Å². The minimum atomic E-state index is -0.393. The minimum absolute atomic E-state index is 0.0979. The molecule has 1 aliphatic heterocycles. The number of nitrogen functional groups attached to an aromatic ring is 1. The second-order valence-corrected chi connectivity index (χ2v) is 6.18. The molecule has 0 radical (unpaired) electrons. The van der Waals surface area contributed by atoms with Gasteiger partial charge in [-0.2, -0.15) is 0 Å². The number of nitrogens with two attached hydrogens (primary N) is 2. The van der Waals surface area contributed by atoms with E-state index in [1.807, 2.05) is 36.9 Å². The van der Waals surface area contributed by atoms with E-state index in [9.17, 15) is 4.79 Å². The van der Waals surface area contributed by atoms with Gasteiger partial charge in [-0.25, -0.2) is 5.84 Å². The molecule has 5 heteroatoms. The van der Waals surface area contributed by atoms with E-state index >= 15 is 0 Å². The Morgan fingerprint density at radius 1 is 1.38 bits per heavy atom. The summed E-state index contributed by atoms with van der Waals surface area (Å²) in [5, 5.41) is 1.54. The summed E-state index contributed by atoms with van der Waals surface area (Å²) in [6.07, 6.45) is 2.13. The number of benzene rings is 1. The van der Waals surface area contributed by atoms with Crippen LogP contribution in [0, 0.1) is 5.92 Å². The average molecular weight is 290 g/mol. The molecular weight excluding hydrogens is 264 g/mol. The predicted octanol–water partition coefficient (Wildman–Crippen LogP) is 1.98. The van der Waals surface area contributed by atoms with E-state index in [0.29, 0.717) is 17.4 Å². The summed E-state index contributed by atoms with van der Waals surface area (Å²) in [7, 11) is 0. The molecule has 2 atom stereocenters. The van der Waals surface area contributed by atoms with Gasteiger partial charge >= 0.3 is 0 Å². The number of likely N-dealkylation sites (tertiary alicyclic amines) is 1. The molecular formula is C16H26N4O. The van der Waals surface area contributed by atoms with Gasteiger partial charge in [-0.05, 0) is 37.8 Å². The third-order valence-corrected chi connectivity index (χ3v) is 4.24. The van der Waals surface area contributed by atoms with Crippen molar-refractivity contribution in [2.75, 3.05) is 17.3 Å². The van der Waals surface area contributed by atoms with Crippen LogP contribution in [-0.2, 0) is 4.79 Å². The molecule has 116 valence electrons. The first-order valence-corrected chi connectivity index (χ1v) is 7.62. The van der Waals surface area contributed by atoms with Crippen molar-refractivity contribution in [3.05, 3.63) is 24.3 Å². The normalized spacial score (nSPS) is 19.9. The highest BCUT2D eigenvalue weighted by molar-refractivity contribution is 5.87. The fourth-order valence-electron chi connectivity index (χ4n) is 3.03. The molecule has 1 aliphatic rings. The van der Waals surface area contributed by atoms with Gasteiger partial charge in [0, 0.05) is 12.6 Å². The molecule has 0 aliphatic carbocycles. The quantitative estimate of drug-likeness (QED) is 0.505. The molecule has 5 nitrogen and oxygen atoms in total. The molecule has 2 unspecified atom stereocenters. The molecule has 1 aromatic rings. The Hall–Kier alpha value is -1.75. The zero-order valence-electron chi connectivity index (χ0n) is 13.1. The van der Waals surface area contributed by atoms with Crippen LogP contribution in [0.4, 0.5) is 11.4 Å². The first kappa shape index (κ1) is 15.6. The van der Waals surface area contributed by atoms with E-state index in [-0.39, 0.29) is 11.8 Å².